The van der Waals surface area contributed by atoms with E-state index in [2.05, 4.69) is 0 Å². The summed E-state index contributed by atoms with van der Waals surface area (Å²) in [6.07, 6.45) is -4.44. The number of carbonyl (C=O) groups is 1. The summed E-state index contributed by atoms with van der Waals surface area (Å²) >= 11 is 0. The monoisotopic (exact) mass is 314 g/mol. The predicted molar refractivity (Wildman–Crippen MR) is 76.7 cm³/mol. The SMILES string of the molecule is CC1(C)OB(CC(=O)c2ccc(C(F)(F)F)cc2)OC1(C)C. The summed E-state index contributed by atoms with van der Waals surface area (Å²) in [6, 6.07) is 4.15. The molecule has 1 aliphatic heterocycles. The predicted octanol–water partition coefficient (Wildman–Crippen LogP) is 3.98. The van der Waals surface area contributed by atoms with Gasteiger partial charge in [-0.2, -0.15) is 13.2 Å². The number of halogens is 3. The number of ketones is 1. The van der Waals surface area contributed by atoms with E-state index in [9.17, 15) is 18.0 Å². The third-order valence-electron chi connectivity index (χ3n) is 4.19. The van der Waals surface area contributed by atoms with Crippen LogP contribution in [0.5, 0.6) is 0 Å². The summed E-state index contributed by atoms with van der Waals surface area (Å²) < 4.78 is 48.9. The van der Waals surface area contributed by atoms with Gasteiger partial charge in [0.1, 0.15) is 0 Å². The molecular weight excluding hydrogens is 296 g/mol. The van der Waals surface area contributed by atoms with Crippen LogP contribution in [-0.2, 0) is 15.5 Å². The number of hydrogen-bond donors (Lipinski definition) is 0. The normalized spacial score (nSPS) is 20.2. The third-order valence-corrected chi connectivity index (χ3v) is 4.19. The number of carbonyl (C=O) groups excluding carboxylic acids is 1. The van der Waals surface area contributed by atoms with Crippen LogP contribution < -0.4 is 0 Å². The van der Waals surface area contributed by atoms with E-state index in [-0.39, 0.29) is 17.7 Å². The van der Waals surface area contributed by atoms with Gasteiger partial charge in [0.15, 0.2) is 5.78 Å². The molecule has 0 N–H and O–H groups in total. The van der Waals surface area contributed by atoms with Gasteiger partial charge < -0.3 is 9.31 Å². The molecule has 3 nitrogen and oxygen atoms in total. The van der Waals surface area contributed by atoms with Crippen LogP contribution in [0.4, 0.5) is 13.2 Å². The molecule has 1 fully saturated rings. The Kier molecular flexibility index (Phi) is 4.17. The van der Waals surface area contributed by atoms with Crippen molar-refractivity contribution in [1.82, 2.24) is 0 Å². The first-order chi connectivity index (χ1) is 9.92. The maximum Gasteiger partial charge on any atom is 0.465 e. The van der Waals surface area contributed by atoms with Gasteiger partial charge in [-0.1, -0.05) is 12.1 Å². The Bertz CT molecular complexity index is 548. The minimum atomic E-state index is -4.41. The van der Waals surface area contributed by atoms with Crippen molar-refractivity contribution < 1.29 is 27.3 Å². The van der Waals surface area contributed by atoms with Crippen molar-refractivity contribution in [1.29, 1.82) is 0 Å². The van der Waals surface area contributed by atoms with Gasteiger partial charge >= 0.3 is 13.3 Å². The molecule has 1 saturated heterocycles. The molecule has 0 aromatic heterocycles. The zero-order chi connectivity index (χ0) is 16.8. The molecule has 1 heterocycles. The molecule has 120 valence electrons. The third kappa shape index (κ3) is 3.36. The maximum absolute atomic E-state index is 12.5. The molecule has 0 bridgehead atoms. The molecule has 1 aliphatic rings. The van der Waals surface area contributed by atoms with Crippen molar-refractivity contribution in [2.75, 3.05) is 0 Å². The summed E-state index contributed by atoms with van der Waals surface area (Å²) in [6.45, 7) is 7.48. The van der Waals surface area contributed by atoms with Gasteiger partial charge in [0.05, 0.1) is 16.8 Å². The van der Waals surface area contributed by atoms with E-state index in [1.54, 1.807) is 0 Å². The molecule has 0 saturated carbocycles. The van der Waals surface area contributed by atoms with E-state index in [1.165, 1.54) is 12.1 Å². The Morgan fingerprint density at radius 1 is 1.05 bits per heavy atom. The fraction of sp³-hybridized carbons (Fsp3) is 0.533. The lowest BCUT2D eigenvalue weighted by atomic mass is 9.80. The van der Waals surface area contributed by atoms with Crippen LogP contribution in [0, 0.1) is 0 Å². The molecule has 0 atom stereocenters. The summed E-state index contributed by atoms with van der Waals surface area (Å²) in [5.41, 5.74) is -1.65. The van der Waals surface area contributed by atoms with E-state index in [4.69, 9.17) is 9.31 Å². The first-order valence-corrected chi connectivity index (χ1v) is 6.98. The highest BCUT2D eigenvalue weighted by Crippen LogP contribution is 2.38. The largest absolute Gasteiger partial charge is 0.465 e. The highest BCUT2D eigenvalue weighted by Gasteiger charge is 2.51. The van der Waals surface area contributed by atoms with Gasteiger partial charge in [0, 0.05) is 11.9 Å². The molecule has 0 unspecified atom stereocenters. The van der Waals surface area contributed by atoms with Crippen molar-refractivity contribution in [3.63, 3.8) is 0 Å². The number of benzene rings is 1. The van der Waals surface area contributed by atoms with Gasteiger partial charge in [0.2, 0.25) is 0 Å². The van der Waals surface area contributed by atoms with E-state index in [0.29, 0.717) is 0 Å². The van der Waals surface area contributed by atoms with E-state index in [0.717, 1.165) is 12.1 Å². The van der Waals surface area contributed by atoms with Crippen LogP contribution in [0.3, 0.4) is 0 Å². The van der Waals surface area contributed by atoms with Crippen LogP contribution in [0.15, 0.2) is 24.3 Å². The second kappa shape index (κ2) is 5.39. The standard InChI is InChI=1S/C15H18BF3O3/c1-13(2)14(3,4)22-16(21-13)9-12(20)10-5-7-11(8-6-10)15(17,18)19/h5-8H,9H2,1-4H3. The maximum atomic E-state index is 12.5. The summed E-state index contributed by atoms with van der Waals surface area (Å²) in [5, 5.41) is 0. The van der Waals surface area contributed by atoms with Crippen molar-refractivity contribution in [2.45, 2.75) is 51.4 Å². The Hall–Kier alpha value is -1.34. The highest BCUT2D eigenvalue weighted by molar-refractivity contribution is 6.51. The minimum absolute atomic E-state index is 0.0295. The zero-order valence-corrected chi connectivity index (χ0v) is 13.0. The number of alkyl halides is 3. The van der Waals surface area contributed by atoms with Gasteiger partial charge in [0.25, 0.3) is 0 Å². The first kappa shape index (κ1) is 17.0. The first-order valence-electron chi connectivity index (χ1n) is 6.98. The Morgan fingerprint density at radius 3 is 1.91 bits per heavy atom. The van der Waals surface area contributed by atoms with E-state index < -0.39 is 30.1 Å². The number of hydrogen-bond acceptors (Lipinski definition) is 3. The van der Waals surface area contributed by atoms with Gasteiger partial charge in [-0.05, 0) is 39.8 Å². The summed E-state index contributed by atoms with van der Waals surface area (Å²) in [5.74, 6) is -0.313. The lowest BCUT2D eigenvalue weighted by molar-refractivity contribution is -0.137. The lowest BCUT2D eigenvalue weighted by Crippen LogP contribution is -2.41. The van der Waals surface area contributed by atoms with E-state index in [1.807, 2.05) is 27.7 Å². The summed E-state index contributed by atoms with van der Waals surface area (Å²) in [4.78, 5) is 12.1. The van der Waals surface area contributed by atoms with Gasteiger partial charge in [-0.3, -0.25) is 4.79 Å². The van der Waals surface area contributed by atoms with Crippen LogP contribution in [-0.4, -0.2) is 24.1 Å². The molecule has 1 aromatic carbocycles. The molecule has 7 heteroatoms. The fourth-order valence-corrected chi connectivity index (χ4v) is 2.16. The summed E-state index contributed by atoms with van der Waals surface area (Å²) in [7, 11) is -0.695. The second-order valence-corrected chi connectivity index (χ2v) is 6.39. The molecule has 22 heavy (non-hydrogen) atoms. The molecular formula is C15H18BF3O3. The van der Waals surface area contributed by atoms with Crippen molar-refractivity contribution in [2.24, 2.45) is 0 Å². The van der Waals surface area contributed by atoms with Gasteiger partial charge in [-0.15, -0.1) is 0 Å². The topological polar surface area (TPSA) is 35.5 Å². The highest BCUT2D eigenvalue weighted by atomic mass is 19.4. The molecule has 0 radical (unpaired) electrons. The smallest absolute Gasteiger partial charge is 0.403 e. The van der Waals surface area contributed by atoms with Crippen LogP contribution >= 0.6 is 0 Å². The zero-order valence-electron chi connectivity index (χ0n) is 13.0. The average Bonchev–Trinajstić information content (AvgIpc) is 2.56. The fourth-order valence-electron chi connectivity index (χ4n) is 2.16. The molecule has 1 aromatic rings. The molecule has 0 aliphatic carbocycles. The van der Waals surface area contributed by atoms with Crippen LogP contribution in [0.1, 0.15) is 43.6 Å². The van der Waals surface area contributed by atoms with Crippen molar-refractivity contribution >= 4 is 12.9 Å². The Morgan fingerprint density at radius 2 is 1.50 bits per heavy atom. The minimum Gasteiger partial charge on any atom is -0.403 e. The number of rotatable bonds is 3. The van der Waals surface area contributed by atoms with E-state index >= 15 is 0 Å². The molecule has 0 spiro atoms. The van der Waals surface area contributed by atoms with Crippen LogP contribution in [0.25, 0.3) is 0 Å². The van der Waals surface area contributed by atoms with Crippen molar-refractivity contribution in [3.8, 4) is 0 Å². The Balaban J connectivity index is 2.05. The second-order valence-electron chi connectivity index (χ2n) is 6.39. The van der Waals surface area contributed by atoms with Crippen molar-refractivity contribution in [3.05, 3.63) is 35.4 Å². The molecule has 2 rings (SSSR count). The average molecular weight is 314 g/mol. The Labute approximate surface area is 127 Å². The quantitative estimate of drug-likeness (QED) is 0.625. The number of Topliss-reactive ketones (excluding diaryl/α,β-unsaturated/α-hetero) is 1. The molecule has 0 amide bonds. The lowest BCUT2D eigenvalue weighted by Gasteiger charge is -2.32. The van der Waals surface area contributed by atoms with Gasteiger partial charge in [-0.25, -0.2) is 0 Å². The van der Waals surface area contributed by atoms with Crippen LogP contribution in [0.2, 0.25) is 6.32 Å².